The first-order chi connectivity index (χ1) is 9.74. The van der Waals surface area contributed by atoms with Crippen molar-refractivity contribution in [1.82, 2.24) is 10.1 Å². The van der Waals surface area contributed by atoms with Crippen LogP contribution in [0.5, 0.6) is 0 Å². The number of hydrogen-bond donors (Lipinski definition) is 1. The fourth-order valence-corrected chi connectivity index (χ4v) is 3.07. The van der Waals surface area contributed by atoms with Crippen LogP contribution in [0.2, 0.25) is 0 Å². The molecular formula is C15H19N3O2. The van der Waals surface area contributed by atoms with Crippen LogP contribution in [-0.2, 0) is 4.79 Å². The van der Waals surface area contributed by atoms with Gasteiger partial charge in [0.1, 0.15) is 0 Å². The zero-order valence-electron chi connectivity index (χ0n) is 11.4. The van der Waals surface area contributed by atoms with Crippen molar-refractivity contribution >= 4 is 16.9 Å². The van der Waals surface area contributed by atoms with Crippen LogP contribution >= 0.6 is 0 Å². The lowest BCUT2D eigenvalue weighted by molar-refractivity contribution is -0.127. The predicted octanol–water partition coefficient (Wildman–Crippen LogP) is 1.78. The molecule has 2 bridgehead atoms. The van der Waals surface area contributed by atoms with Gasteiger partial charge >= 0.3 is 0 Å². The van der Waals surface area contributed by atoms with Crippen molar-refractivity contribution in [2.45, 2.75) is 25.3 Å². The number of benzene rings is 1. The molecule has 0 spiro atoms. The molecular weight excluding hydrogens is 254 g/mol. The molecule has 3 aliphatic heterocycles. The maximum absolute atomic E-state index is 10.9. The van der Waals surface area contributed by atoms with E-state index < -0.39 is 0 Å². The molecule has 3 saturated heterocycles. The first kappa shape index (κ1) is 13.1. The van der Waals surface area contributed by atoms with E-state index in [9.17, 15) is 4.79 Å². The number of hydrogen-bond acceptors (Lipinski definition) is 4. The molecule has 20 heavy (non-hydrogen) atoms. The zero-order valence-corrected chi connectivity index (χ0v) is 11.4. The number of nitrogens with zero attached hydrogens (tertiary/aromatic N) is 2. The van der Waals surface area contributed by atoms with Gasteiger partial charge in [-0.3, -0.25) is 9.69 Å². The summed E-state index contributed by atoms with van der Waals surface area (Å²) in [4.78, 5) is 13.1. The first-order valence-electron chi connectivity index (χ1n) is 7.07. The Labute approximate surface area is 117 Å². The molecule has 1 aromatic carbocycles. The topological polar surface area (TPSA) is 72.4 Å². The first-order valence-corrected chi connectivity index (χ1v) is 7.07. The van der Waals surface area contributed by atoms with Gasteiger partial charge in [0.15, 0.2) is 5.58 Å². The lowest BCUT2D eigenvalue weighted by atomic mass is 9.83. The molecule has 5 heteroatoms. The monoisotopic (exact) mass is 273 g/mol. The van der Waals surface area contributed by atoms with Crippen LogP contribution < -0.4 is 5.73 Å². The molecule has 0 aliphatic carbocycles. The van der Waals surface area contributed by atoms with Gasteiger partial charge in [0.05, 0.1) is 12.2 Å². The molecule has 5 nitrogen and oxygen atoms in total. The van der Waals surface area contributed by atoms with Gasteiger partial charge in [0.2, 0.25) is 5.91 Å². The minimum absolute atomic E-state index is 0.0579. The molecule has 3 fully saturated rings. The van der Waals surface area contributed by atoms with E-state index in [1.165, 1.54) is 12.8 Å². The quantitative estimate of drug-likeness (QED) is 0.859. The number of carbonyl (C=O) groups excluding carboxylic acids is 1. The van der Waals surface area contributed by atoms with E-state index in [4.69, 9.17) is 10.3 Å². The molecule has 3 aliphatic rings. The van der Waals surface area contributed by atoms with Gasteiger partial charge in [-0.25, -0.2) is 0 Å². The van der Waals surface area contributed by atoms with Crippen molar-refractivity contribution in [2.75, 3.05) is 13.1 Å². The zero-order chi connectivity index (χ0) is 13.9. The molecule has 4 heterocycles. The Morgan fingerprint density at radius 1 is 1.30 bits per heavy atom. The normalized spacial score (nSPS) is 27.9. The van der Waals surface area contributed by atoms with E-state index in [1.807, 2.05) is 24.3 Å². The number of amides is 1. The molecule has 1 amide bonds. The van der Waals surface area contributed by atoms with Gasteiger partial charge in [0.25, 0.3) is 0 Å². The lowest BCUT2D eigenvalue weighted by Crippen LogP contribution is -2.54. The number of piperidine rings is 3. The van der Waals surface area contributed by atoms with Crippen molar-refractivity contribution in [2.24, 2.45) is 11.7 Å². The summed E-state index contributed by atoms with van der Waals surface area (Å²) >= 11 is 0. The van der Waals surface area contributed by atoms with E-state index in [0.717, 1.165) is 36.4 Å². The largest absolute Gasteiger partial charge is 0.368 e. The molecule has 5 rings (SSSR count). The van der Waals surface area contributed by atoms with Gasteiger partial charge in [-0.15, -0.1) is 0 Å². The third kappa shape index (κ3) is 2.67. The molecule has 106 valence electrons. The van der Waals surface area contributed by atoms with Crippen LogP contribution in [0, 0.1) is 5.92 Å². The Morgan fingerprint density at radius 3 is 2.60 bits per heavy atom. The lowest BCUT2D eigenvalue weighted by Gasteiger charge is -2.43. The van der Waals surface area contributed by atoms with Gasteiger partial charge in [-0.05, 0) is 50.4 Å². The van der Waals surface area contributed by atoms with E-state index in [2.05, 4.69) is 10.1 Å². The summed E-state index contributed by atoms with van der Waals surface area (Å²) in [5, 5.41) is 4.68. The maximum atomic E-state index is 10.9. The van der Waals surface area contributed by atoms with Crippen LogP contribution in [0.1, 0.15) is 19.3 Å². The van der Waals surface area contributed by atoms with Crippen molar-refractivity contribution in [3.05, 3.63) is 30.5 Å². The second-order valence-electron chi connectivity index (χ2n) is 5.50. The molecule has 1 aromatic heterocycles. The van der Waals surface area contributed by atoms with Gasteiger partial charge < -0.3 is 10.3 Å². The Balaban J connectivity index is 0.000000123. The second kappa shape index (κ2) is 5.63. The van der Waals surface area contributed by atoms with Gasteiger partial charge in [-0.1, -0.05) is 17.3 Å². The van der Waals surface area contributed by atoms with Gasteiger partial charge in [-0.2, -0.15) is 0 Å². The van der Waals surface area contributed by atoms with E-state index >= 15 is 0 Å². The highest BCUT2D eigenvalue weighted by atomic mass is 16.5. The number of carbonyl (C=O) groups is 1. The second-order valence-corrected chi connectivity index (χ2v) is 5.50. The summed E-state index contributed by atoms with van der Waals surface area (Å²) < 4.78 is 4.87. The Kier molecular flexibility index (Phi) is 3.69. The van der Waals surface area contributed by atoms with E-state index in [0.29, 0.717) is 0 Å². The summed E-state index contributed by atoms with van der Waals surface area (Å²) in [6, 6.07) is 7.80. The van der Waals surface area contributed by atoms with Crippen LogP contribution in [0.15, 0.2) is 35.0 Å². The van der Waals surface area contributed by atoms with E-state index in [-0.39, 0.29) is 11.9 Å². The number of rotatable bonds is 1. The molecule has 2 aromatic rings. The smallest absolute Gasteiger partial charge is 0.234 e. The number of primary amides is 1. The summed E-state index contributed by atoms with van der Waals surface area (Å²) in [5.74, 6) is 0.645. The third-order valence-corrected chi connectivity index (χ3v) is 4.24. The van der Waals surface area contributed by atoms with Crippen molar-refractivity contribution in [3.63, 3.8) is 0 Å². The van der Waals surface area contributed by atoms with Crippen LogP contribution in [0.3, 0.4) is 0 Å². The minimum atomic E-state index is -0.130. The van der Waals surface area contributed by atoms with Crippen molar-refractivity contribution < 1.29 is 9.32 Å². The summed E-state index contributed by atoms with van der Waals surface area (Å²) in [6.45, 7) is 2.16. The average Bonchev–Trinajstić information content (AvgIpc) is 2.97. The van der Waals surface area contributed by atoms with Crippen molar-refractivity contribution in [1.29, 1.82) is 0 Å². The average molecular weight is 273 g/mol. The SMILES string of the molecule is NC(=O)C1CC2CCN1CC2.c1ccc2oncc2c1. The maximum Gasteiger partial charge on any atom is 0.234 e. The summed E-state index contributed by atoms with van der Waals surface area (Å²) in [6.07, 6.45) is 5.25. The van der Waals surface area contributed by atoms with Crippen molar-refractivity contribution in [3.8, 4) is 0 Å². The van der Waals surface area contributed by atoms with Crippen LogP contribution in [0.25, 0.3) is 11.0 Å². The molecule has 1 atom stereocenters. The predicted molar refractivity (Wildman–Crippen MR) is 75.9 cm³/mol. The molecule has 0 radical (unpaired) electrons. The standard InChI is InChI=1S/C8H14N2O.C7H5NO/c9-8(11)7-5-6-1-3-10(7)4-2-6;1-2-4-7-6(3-1)5-8-9-7/h6-7H,1-5H2,(H2,9,11);1-5H. The summed E-state index contributed by atoms with van der Waals surface area (Å²) in [5.41, 5.74) is 6.12. The van der Waals surface area contributed by atoms with Crippen LogP contribution in [-0.4, -0.2) is 35.1 Å². The van der Waals surface area contributed by atoms with Crippen LogP contribution in [0.4, 0.5) is 0 Å². The number of nitrogens with two attached hydrogens (primary N) is 1. The summed E-state index contributed by atoms with van der Waals surface area (Å²) in [7, 11) is 0. The Hall–Kier alpha value is -1.88. The highest BCUT2D eigenvalue weighted by molar-refractivity contribution is 5.80. The number of aromatic nitrogens is 1. The fraction of sp³-hybridized carbons (Fsp3) is 0.467. The highest BCUT2D eigenvalue weighted by Gasteiger charge is 2.36. The fourth-order valence-electron chi connectivity index (χ4n) is 3.07. The number of para-hydroxylation sites is 1. The molecule has 1 unspecified atom stereocenters. The molecule has 2 N–H and O–H groups in total. The Bertz CT molecular complexity index is 557. The van der Waals surface area contributed by atoms with E-state index in [1.54, 1.807) is 6.20 Å². The Morgan fingerprint density at radius 2 is 2.05 bits per heavy atom. The minimum Gasteiger partial charge on any atom is -0.368 e. The van der Waals surface area contributed by atoms with Gasteiger partial charge in [0, 0.05) is 5.39 Å². The number of fused-ring (bicyclic) bond motifs is 4. The third-order valence-electron chi connectivity index (χ3n) is 4.24. The highest BCUT2D eigenvalue weighted by Crippen LogP contribution is 2.31. The molecule has 0 saturated carbocycles.